The summed E-state index contributed by atoms with van der Waals surface area (Å²) in [4.78, 5) is 25.2. The molecule has 4 nitrogen and oxygen atoms in total. The Hall–Kier alpha value is -2.90. The van der Waals surface area contributed by atoms with Gasteiger partial charge in [0.2, 0.25) is 0 Å². The third kappa shape index (κ3) is 2.06. The van der Waals surface area contributed by atoms with E-state index in [1.165, 1.54) is 31.2 Å². The maximum atomic E-state index is 13.9. The molecule has 3 rings (SSSR count). The predicted octanol–water partition coefficient (Wildman–Crippen LogP) is 3.18. The number of imide groups is 1. The largest absolute Gasteiger partial charge is 0.399 e. The standard InChI is InChI=1S/C16H10F4N2O2/c1-6(7-2-4-8(21)5-3-7)22-15(23)9-10(16(22)24)12(18)14(20)13(19)11(9)17/h2-6H,21H2,1H3/t6-/m1/s1. The van der Waals surface area contributed by atoms with Crippen LogP contribution in [-0.2, 0) is 0 Å². The first-order chi connectivity index (χ1) is 11.3. The number of hydrogen-bond acceptors (Lipinski definition) is 3. The molecule has 1 aliphatic heterocycles. The van der Waals surface area contributed by atoms with Crippen LogP contribution in [0, 0.1) is 23.3 Å². The zero-order valence-electron chi connectivity index (χ0n) is 12.2. The lowest BCUT2D eigenvalue weighted by Gasteiger charge is -2.22. The van der Waals surface area contributed by atoms with Gasteiger partial charge in [0, 0.05) is 5.69 Å². The Balaban J connectivity index is 2.12. The van der Waals surface area contributed by atoms with E-state index in [0.717, 1.165) is 0 Å². The topological polar surface area (TPSA) is 63.4 Å². The van der Waals surface area contributed by atoms with Crippen LogP contribution in [-0.4, -0.2) is 16.7 Å². The van der Waals surface area contributed by atoms with Crippen molar-refractivity contribution in [3.8, 4) is 0 Å². The Morgan fingerprint density at radius 1 is 0.833 bits per heavy atom. The van der Waals surface area contributed by atoms with Crippen molar-refractivity contribution in [1.82, 2.24) is 4.90 Å². The first-order valence-corrected chi connectivity index (χ1v) is 6.85. The third-order valence-electron chi connectivity index (χ3n) is 3.94. The molecule has 0 aromatic heterocycles. The molecule has 0 saturated heterocycles. The van der Waals surface area contributed by atoms with Crippen LogP contribution in [0.3, 0.4) is 0 Å². The second-order valence-corrected chi connectivity index (χ2v) is 5.33. The van der Waals surface area contributed by atoms with E-state index in [2.05, 4.69) is 0 Å². The van der Waals surface area contributed by atoms with E-state index in [-0.39, 0.29) is 0 Å². The molecule has 0 unspecified atom stereocenters. The van der Waals surface area contributed by atoms with Gasteiger partial charge in [0.15, 0.2) is 23.3 Å². The fraction of sp³-hybridized carbons (Fsp3) is 0.125. The molecule has 0 radical (unpaired) electrons. The van der Waals surface area contributed by atoms with Crippen molar-refractivity contribution in [2.75, 3.05) is 5.73 Å². The summed E-state index contributed by atoms with van der Waals surface area (Å²) in [6.45, 7) is 1.44. The second kappa shape index (κ2) is 5.33. The van der Waals surface area contributed by atoms with Gasteiger partial charge >= 0.3 is 0 Å². The number of nitrogen functional groups attached to an aromatic ring is 1. The quantitative estimate of drug-likeness (QED) is 0.301. The number of hydrogen-bond donors (Lipinski definition) is 1. The first-order valence-electron chi connectivity index (χ1n) is 6.85. The Bertz CT molecular complexity index is 834. The first kappa shape index (κ1) is 16.0. The summed E-state index contributed by atoms with van der Waals surface area (Å²) >= 11 is 0. The van der Waals surface area contributed by atoms with Crippen LogP contribution < -0.4 is 5.73 Å². The number of amides is 2. The molecule has 8 heteroatoms. The van der Waals surface area contributed by atoms with E-state index < -0.39 is 52.3 Å². The molecule has 2 aromatic carbocycles. The SMILES string of the molecule is C[C@H](c1ccc(N)cc1)N1C(=O)c2c(F)c(F)c(F)c(F)c2C1=O. The van der Waals surface area contributed by atoms with Crippen molar-refractivity contribution < 1.29 is 27.2 Å². The Kier molecular flexibility index (Phi) is 3.55. The minimum absolute atomic E-state index is 0.439. The summed E-state index contributed by atoms with van der Waals surface area (Å²) in [6.07, 6.45) is 0. The van der Waals surface area contributed by atoms with Crippen molar-refractivity contribution in [3.63, 3.8) is 0 Å². The maximum absolute atomic E-state index is 13.9. The van der Waals surface area contributed by atoms with Gasteiger partial charge in [-0.1, -0.05) is 12.1 Å². The van der Waals surface area contributed by atoms with Gasteiger partial charge in [-0.05, 0) is 24.6 Å². The summed E-state index contributed by atoms with van der Waals surface area (Å²) in [5, 5.41) is 0. The van der Waals surface area contributed by atoms with Crippen LogP contribution in [0.15, 0.2) is 24.3 Å². The number of rotatable bonds is 2. The molecule has 2 amide bonds. The highest BCUT2D eigenvalue weighted by Gasteiger charge is 2.45. The van der Waals surface area contributed by atoms with Crippen molar-refractivity contribution in [3.05, 3.63) is 64.2 Å². The van der Waals surface area contributed by atoms with Crippen LogP contribution in [0.1, 0.15) is 39.2 Å². The van der Waals surface area contributed by atoms with E-state index in [9.17, 15) is 27.2 Å². The molecule has 1 aliphatic rings. The van der Waals surface area contributed by atoms with Crippen LogP contribution in [0.4, 0.5) is 23.2 Å². The number of carbonyl (C=O) groups is 2. The summed E-state index contributed by atoms with van der Waals surface area (Å²) < 4.78 is 54.4. The van der Waals surface area contributed by atoms with Gasteiger partial charge in [0.05, 0.1) is 17.2 Å². The zero-order valence-corrected chi connectivity index (χ0v) is 12.2. The normalized spacial score (nSPS) is 15.0. The fourth-order valence-corrected chi connectivity index (χ4v) is 2.64. The van der Waals surface area contributed by atoms with Crippen molar-refractivity contribution in [1.29, 1.82) is 0 Å². The number of carbonyl (C=O) groups excluding carboxylic acids is 2. The van der Waals surface area contributed by atoms with Gasteiger partial charge in [-0.15, -0.1) is 0 Å². The minimum atomic E-state index is -2.13. The van der Waals surface area contributed by atoms with Crippen molar-refractivity contribution >= 4 is 17.5 Å². The van der Waals surface area contributed by atoms with Gasteiger partial charge in [0.1, 0.15) is 0 Å². The van der Waals surface area contributed by atoms with Gasteiger partial charge in [-0.25, -0.2) is 17.6 Å². The fourth-order valence-electron chi connectivity index (χ4n) is 2.64. The van der Waals surface area contributed by atoms with Crippen LogP contribution in [0.5, 0.6) is 0 Å². The molecular formula is C16H10F4N2O2. The number of benzene rings is 2. The van der Waals surface area contributed by atoms with Gasteiger partial charge in [0.25, 0.3) is 11.8 Å². The lowest BCUT2D eigenvalue weighted by atomic mass is 10.1. The monoisotopic (exact) mass is 338 g/mol. The molecule has 0 spiro atoms. The summed E-state index contributed by atoms with van der Waals surface area (Å²) in [7, 11) is 0. The summed E-state index contributed by atoms with van der Waals surface area (Å²) in [5.41, 5.74) is 4.25. The molecule has 24 heavy (non-hydrogen) atoms. The highest BCUT2D eigenvalue weighted by Crippen LogP contribution is 2.36. The van der Waals surface area contributed by atoms with E-state index >= 15 is 0 Å². The highest BCUT2D eigenvalue weighted by molar-refractivity contribution is 6.21. The van der Waals surface area contributed by atoms with E-state index in [1.54, 1.807) is 0 Å². The van der Waals surface area contributed by atoms with Crippen molar-refractivity contribution in [2.24, 2.45) is 0 Å². The number of fused-ring (bicyclic) bond motifs is 1. The minimum Gasteiger partial charge on any atom is -0.399 e. The van der Waals surface area contributed by atoms with E-state index in [1.807, 2.05) is 0 Å². The zero-order chi connectivity index (χ0) is 17.8. The van der Waals surface area contributed by atoms with Crippen LogP contribution in [0.2, 0.25) is 0 Å². The van der Waals surface area contributed by atoms with Crippen LogP contribution in [0.25, 0.3) is 0 Å². The molecule has 124 valence electrons. The van der Waals surface area contributed by atoms with Crippen molar-refractivity contribution in [2.45, 2.75) is 13.0 Å². The summed E-state index contributed by atoms with van der Waals surface area (Å²) in [6, 6.07) is 5.17. The molecule has 0 bridgehead atoms. The molecule has 0 aliphatic carbocycles. The molecule has 0 fully saturated rings. The number of nitrogens with zero attached hydrogens (tertiary/aromatic N) is 1. The Morgan fingerprint density at radius 3 is 1.67 bits per heavy atom. The lowest BCUT2D eigenvalue weighted by Crippen LogP contribution is -2.32. The molecule has 1 atom stereocenters. The van der Waals surface area contributed by atoms with E-state index in [0.29, 0.717) is 16.2 Å². The third-order valence-corrected chi connectivity index (χ3v) is 3.94. The molecule has 1 heterocycles. The molecule has 2 N–H and O–H groups in total. The van der Waals surface area contributed by atoms with E-state index in [4.69, 9.17) is 5.73 Å². The molecule has 0 saturated carbocycles. The maximum Gasteiger partial charge on any atom is 0.265 e. The van der Waals surface area contributed by atoms with Gasteiger partial charge in [-0.2, -0.15) is 0 Å². The predicted molar refractivity (Wildman–Crippen MR) is 76.0 cm³/mol. The number of anilines is 1. The lowest BCUT2D eigenvalue weighted by molar-refractivity contribution is 0.0592. The number of nitrogens with two attached hydrogens (primary N) is 1. The molecular weight excluding hydrogens is 328 g/mol. The summed E-state index contributed by atoms with van der Waals surface area (Å²) in [5.74, 6) is -10.5. The molecule has 2 aromatic rings. The van der Waals surface area contributed by atoms with Gasteiger partial charge in [-0.3, -0.25) is 14.5 Å². The second-order valence-electron chi connectivity index (χ2n) is 5.33. The average Bonchev–Trinajstić information content (AvgIpc) is 2.82. The smallest absolute Gasteiger partial charge is 0.265 e. The van der Waals surface area contributed by atoms with Gasteiger partial charge < -0.3 is 5.73 Å². The number of halogens is 4. The highest BCUT2D eigenvalue weighted by atomic mass is 19.2. The Labute approximate surface area is 133 Å². The average molecular weight is 338 g/mol. The van der Waals surface area contributed by atoms with Crippen LogP contribution >= 0.6 is 0 Å². The Morgan fingerprint density at radius 2 is 1.25 bits per heavy atom.